The third kappa shape index (κ3) is 2.70. The predicted molar refractivity (Wildman–Crippen MR) is 74.5 cm³/mol. The molecule has 1 aromatic carbocycles. The summed E-state index contributed by atoms with van der Waals surface area (Å²) in [5.41, 5.74) is 0.243. The Kier molecular flexibility index (Phi) is 3.74. The van der Waals surface area contributed by atoms with E-state index in [1.807, 2.05) is 22.6 Å². The number of hydrogen-bond acceptors (Lipinski definition) is 4. The van der Waals surface area contributed by atoms with Gasteiger partial charge in [0.25, 0.3) is 5.91 Å². The zero-order valence-electron chi connectivity index (χ0n) is 10.0. The number of nitrogens with one attached hydrogen (secondary N) is 1. The third-order valence-electron chi connectivity index (χ3n) is 2.88. The molecule has 3 amide bonds. The molecule has 19 heavy (non-hydrogen) atoms. The van der Waals surface area contributed by atoms with Gasteiger partial charge in [0.05, 0.1) is 3.57 Å². The monoisotopic (exact) mass is 374 g/mol. The minimum atomic E-state index is -0.716. The largest absolute Gasteiger partial charge is 0.507 e. The summed E-state index contributed by atoms with van der Waals surface area (Å²) < 4.78 is 0.620. The molecule has 0 aromatic heterocycles. The van der Waals surface area contributed by atoms with E-state index in [-0.39, 0.29) is 17.9 Å². The number of piperazine rings is 1. The maximum Gasteiger partial charge on any atom is 0.255 e. The van der Waals surface area contributed by atoms with Crippen molar-refractivity contribution < 1.29 is 19.5 Å². The van der Waals surface area contributed by atoms with Gasteiger partial charge in [0.2, 0.25) is 11.8 Å². The van der Waals surface area contributed by atoms with Gasteiger partial charge in [0.15, 0.2) is 0 Å². The first-order valence-electron chi connectivity index (χ1n) is 5.53. The first kappa shape index (κ1) is 13.8. The Bertz CT molecular complexity index is 573. The number of halogens is 1. The molecule has 1 unspecified atom stereocenters. The number of amides is 3. The highest BCUT2D eigenvalue weighted by atomic mass is 127. The van der Waals surface area contributed by atoms with Gasteiger partial charge in [-0.3, -0.25) is 19.7 Å². The summed E-state index contributed by atoms with van der Waals surface area (Å²) in [5.74, 6) is -1.47. The van der Waals surface area contributed by atoms with Crippen molar-refractivity contribution in [2.75, 3.05) is 6.54 Å². The predicted octanol–water partition coefficient (Wildman–Crippen LogP) is 0.484. The number of hydrogen-bond donors (Lipinski definition) is 2. The normalized spacial score (nSPS) is 19.3. The van der Waals surface area contributed by atoms with Gasteiger partial charge in [-0.15, -0.1) is 0 Å². The number of nitrogens with zero attached hydrogens (tertiary/aromatic N) is 1. The SMILES string of the molecule is CC1C(=O)NC(=O)CN1C(=O)c1ccc(I)c(O)c1. The first-order chi connectivity index (χ1) is 8.90. The zero-order chi connectivity index (χ0) is 14.2. The molecule has 6 nitrogen and oxygen atoms in total. The molecule has 0 radical (unpaired) electrons. The van der Waals surface area contributed by atoms with Gasteiger partial charge in [0.1, 0.15) is 18.3 Å². The Balaban J connectivity index is 2.29. The lowest BCUT2D eigenvalue weighted by Crippen LogP contribution is -2.58. The third-order valence-corrected chi connectivity index (χ3v) is 3.79. The van der Waals surface area contributed by atoms with E-state index in [1.165, 1.54) is 11.0 Å². The molecule has 7 heteroatoms. The van der Waals surface area contributed by atoms with Crippen LogP contribution in [-0.4, -0.2) is 40.3 Å². The Morgan fingerprint density at radius 1 is 1.47 bits per heavy atom. The van der Waals surface area contributed by atoms with E-state index < -0.39 is 23.8 Å². The lowest BCUT2D eigenvalue weighted by atomic mass is 10.1. The molecule has 0 spiro atoms. The molecule has 100 valence electrons. The molecular formula is C12H11IN2O4. The summed E-state index contributed by atoms with van der Waals surface area (Å²) in [7, 11) is 0. The molecule has 2 N–H and O–H groups in total. The Morgan fingerprint density at radius 2 is 2.16 bits per heavy atom. The lowest BCUT2D eigenvalue weighted by Gasteiger charge is -2.31. The molecule has 1 aliphatic rings. The van der Waals surface area contributed by atoms with Crippen molar-refractivity contribution in [1.29, 1.82) is 0 Å². The maximum absolute atomic E-state index is 12.2. The van der Waals surface area contributed by atoms with Gasteiger partial charge >= 0.3 is 0 Å². The highest BCUT2D eigenvalue weighted by Crippen LogP contribution is 2.22. The topological polar surface area (TPSA) is 86.7 Å². The van der Waals surface area contributed by atoms with Crippen molar-refractivity contribution >= 4 is 40.3 Å². The van der Waals surface area contributed by atoms with Crippen LogP contribution in [0, 0.1) is 3.57 Å². The van der Waals surface area contributed by atoms with Gasteiger partial charge < -0.3 is 10.0 Å². The van der Waals surface area contributed by atoms with Crippen LogP contribution >= 0.6 is 22.6 Å². The number of imide groups is 1. The van der Waals surface area contributed by atoms with E-state index in [2.05, 4.69) is 5.32 Å². The average molecular weight is 374 g/mol. The zero-order valence-corrected chi connectivity index (χ0v) is 12.2. The molecule has 0 bridgehead atoms. The number of aromatic hydroxyl groups is 1. The van der Waals surface area contributed by atoms with E-state index in [1.54, 1.807) is 19.1 Å². The van der Waals surface area contributed by atoms with Crippen LogP contribution in [0.3, 0.4) is 0 Å². The van der Waals surface area contributed by atoms with Crippen LogP contribution in [0.1, 0.15) is 17.3 Å². The van der Waals surface area contributed by atoms with Crippen molar-refractivity contribution in [3.63, 3.8) is 0 Å². The summed E-state index contributed by atoms with van der Waals surface area (Å²) in [4.78, 5) is 36.2. The second-order valence-electron chi connectivity index (χ2n) is 4.19. The summed E-state index contributed by atoms with van der Waals surface area (Å²) >= 11 is 1.94. The summed E-state index contributed by atoms with van der Waals surface area (Å²) in [6, 6.07) is 3.76. The minimum absolute atomic E-state index is 0.00751. The van der Waals surface area contributed by atoms with Crippen molar-refractivity contribution in [3.8, 4) is 5.75 Å². The fourth-order valence-electron chi connectivity index (χ4n) is 1.77. The van der Waals surface area contributed by atoms with E-state index in [9.17, 15) is 19.5 Å². The Labute approximate surface area is 122 Å². The highest BCUT2D eigenvalue weighted by molar-refractivity contribution is 14.1. The van der Waals surface area contributed by atoms with Crippen LogP contribution in [-0.2, 0) is 9.59 Å². The number of benzene rings is 1. The van der Waals surface area contributed by atoms with Crippen LogP contribution in [0.25, 0.3) is 0 Å². The minimum Gasteiger partial charge on any atom is -0.507 e. The van der Waals surface area contributed by atoms with Crippen LogP contribution in [0.5, 0.6) is 5.75 Å². The standard InChI is InChI=1S/C12H11IN2O4/c1-6-11(18)14-10(17)5-15(6)12(19)7-2-3-8(13)9(16)4-7/h2-4,6,16H,5H2,1H3,(H,14,17,18). The number of carbonyl (C=O) groups excluding carboxylic acids is 3. The van der Waals surface area contributed by atoms with Crippen LogP contribution in [0.2, 0.25) is 0 Å². The van der Waals surface area contributed by atoms with Gasteiger partial charge in [-0.2, -0.15) is 0 Å². The number of phenols is 1. The van der Waals surface area contributed by atoms with E-state index >= 15 is 0 Å². The van der Waals surface area contributed by atoms with E-state index in [4.69, 9.17) is 0 Å². The smallest absolute Gasteiger partial charge is 0.255 e. The fourth-order valence-corrected chi connectivity index (χ4v) is 2.11. The fraction of sp³-hybridized carbons (Fsp3) is 0.250. The molecular weight excluding hydrogens is 363 g/mol. The second-order valence-corrected chi connectivity index (χ2v) is 5.35. The van der Waals surface area contributed by atoms with Crippen molar-refractivity contribution in [3.05, 3.63) is 27.3 Å². The summed E-state index contributed by atoms with van der Waals surface area (Å²) in [5, 5.41) is 11.8. The molecule has 0 saturated carbocycles. The van der Waals surface area contributed by atoms with E-state index in [0.717, 1.165) is 0 Å². The lowest BCUT2D eigenvalue weighted by molar-refractivity contribution is -0.138. The molecule has 1 heterocycles. The molecule has 1 aliphatic heterocycles. The number of rotatable bonds is 1. The molecule has 1 aromatic rings. The van der Waals surface area contributed by atoms with Crippen LogP contribution in [0.15, 0.2) is 18.2 Å². The van der Waals surface area contributed by atoms with Crippen LogP contribution < -0.4 is 5.32 Å². The molecule has 2 rings (SSSR count). The van der Waals surface area contributed by atoms with Gasteiger partial charge in [-0.05, 0) is 47.7 Å². The van der Waals surface area contributed by atoms with Crippen molar-refractivity contribution in [2.45, 2.75) is 13.0 Å². The average Bonchev–Trinajstić information content (AvgIpc) is 2.36. The quantitative estimate of drug-likeness (QED) is 0.553. The van der Waals surface area contributed by atoms with Crippen molar-refractivity contribution in [2.24, 2.45) is 0 Å². The van der Waals surface area contributed by atoms with Crippen molar-refractivity contribution in [1.82, 2.24) is 10.2 Å². The van der Waals surface area contributed by atoms with Gasteiger partial charge in [-0.25, -0.2) is 0 Å². The summed E-state index contributed by atoms with van der Waals surface area (Å²) in [6.45, 7) is 1.38. The highest BCUT2D eigenvalue weighted by Gasteiger charge is 2.34. The first-order valence-corrected chi connectivity index (χ1v) is 6.61. The van der Waals surface area contributed by atoms with Crippen LogP contribution in [0.4, 0.5) is 0 Å². The Hall–Kier alpha value is -1.64. The number of phenolic OH excluding ortho intramolecular Hbond substituents is 1. The number of carbonyl (C=O) groups is 3. The molecule has 0 aliphatic carbocycles. The maximum atomic E-state index is 12.2. The molecule has 1 atom stereocenters. The van der Waals surface area contributed by atoms with E-state index in [0.29, 0.717) is 3.57 Å². The second kappa shape index (κ2) is 5.16. The Morgan fingerprint density at radius 3 is 2.79 bits per heavy atom. The summed E-state index contributed by atoms with van der Waals surface area (Å²) in [6.07, 6.45) is 0. The molecule has 1 fully saturated rings. The van der Waals surface area contributed by atoms with Gasteiger partial charge in [-0.1, -0.05) is 0 Å². The molecule has 1 saturated heterocycles. The van der Waals surface area contributed by atoms with Gasteiger partial charge in [0, 0.05) is 5.56 Å².